The number of fused-ring (bicyclic) bond motifs is 2. The molecule has 0 spiro atoms. The Balaban J connectivity index is 2.13. The highest BCUT2D eigenvalue weighted by Gasteiger charge is 2.28. The molecule has 4 rings (SSSR count). The molecular weight excluding hydrogens is 316 g/mol. The van der Waals surface area contributed by atoms with Gasteiger partial charge in [-0.1, -0.05) is 18.2 Å². The largest absolute Gasteiger partial charge is 0.507 e. The Morgan fingerprint density at radius 2 is 1.96 bits per heavy atom. The zero-order chi connectivity index (χ0) is 16.8. The van der Waals surface area contributed by atoms with E-state index >= 15 is 0 Å². The lowest BCUT2D eigenvalue weighted by molar-refractivity contribution is 0.171. The summed E-state index contributed by atoms with van der Waals surface area (Å²) < 4.78 is 21.3. The van der Waals surface area contributed by atoms with Gasteiger partial charge in [-0.3, -0.25) is 0 Å². The predicted octanol–water partition coefficient (Wildman–Crippen LogP) is 2.61. The zero-order valence-electron chi connectivity index (χ0n) is 12.5. The maximum atomic E-state index is 12.4. The van der Waals surface area contributed by atoms with Crippen molar-refractivity contribution in [2.24, 2.45) is 0 Å². The number of hydrogen-bond donors (Lipinski definition) is 2. The van der Waals surface area contributed by atoms with E-state index in [9.17, 15) is 15.0 Å². The molecule has 24 heavy (non-hydrogen) atoms. The first-order chi connectivity index (χ1) is 11.6. The lowest BCUT2D eigenvalue weighted by Gasteiger charge is -2.12. The highest BCUT2D eigenvalue weighted by atomic mass is 16.7. The van der Waals surface area contributed by atoms with Crippen molar-refractivity contribution in [3.05, 3.63) is 40.8 Å². The number of ether oxygens (including phenoxy) is 3. The Morgan fingerprint density at radius 1 is 1.17 bits per heavy atom. The van der Waals surface area contributed by atoms with Crippen LogP contribution in [0.2, 0.25) is 0 Å². The fourth-order valence-electron chi connectivity index (χ4n) is 2.78. The predicted molar refractivity (Wildman–Crippen MR) is 83.9 cm³/mol. The van der Waals surface area contributed by atoms with E-state index in [1.807, 2.05) is 0 Å². The van der Waals surface area contributed by atoms with Gasteiger partial charge in [-0.25, -0.2) is 4.79 Å². The van der Waals surface area contributed by atoms with E-state index in [-0.39, 0.29) is 46.1 Å². The van der Waals surface area contributed by atoms with Gasteiger partial charge in [0.05, 0.1) is 7.11 Å². The van der Waals surface area contributed by atoms with Gasteiger partial charge in [-0.2, -0.15) is 0 Å². The van der Waals surface area contributed by atoms with Crippen molar-refractivity contribution in [1.82, 2.24) is 0 Å². The molecule has 0 aliphatic carbocycles. The van der Waals surface area contributed by atoms with Gasteiger partial charge in [0.15, 0.2) is 11.5 Å². The molecule has 0 saturated carbocycles. The molecule has 0 unspecified atom stereocenters. The van der Waals surface area contributed by atoms with Crippen LogP contribution in [-0.4, -0.2) is 24.1 Å². The van der Waals surface area contributed by atoms with Crippen molar-refractivity contribution in [3.8, 4) is 39.9 Å². The molecular formula is C17H12O7. The standard InChI is InChI=1S/C17H12O7/c1-21-16-13-10(6-11-15(16)23-7-22-11)24-17(20)12(14(13)19)8-4-2-3-5-9(8)18/h2-6,18-19H,7H2,1H3. The molecule has 1 aromatic heterocycles. The van der Waals surface area contributed by atoms with Crippen molar-refractivity contribution in [1.29, 1.82) is 0 Å². The Morgan fingerprint density at radius 3 is 2.71 bits per heavy atom. The minimum Gasteiger partial charge on any atom is -0.507 e. The number of para-hydroxylation sites is 1. The molecule has 122 valence electrons. The summed E-state index contributed by atoms with van der Waals surface area (Å²) in [5.74, 6) is 0.351. The Labute approximate surface area is 135 Å². The fraction of sp³-hybridized carbons (Fsp3) is 0.118. The lowest BCUT2D eigenvalue weighted by atomic mass is 10.0. The third-order valence-electron chi connectivity index (χ3n) is 3.84. The van der Waals surface area contributed by atoms with Crippen LogP contribution in [-0.2, 0) is 0 Å². The van der Waals surface area contributed by atoms with Crippen LogP contribution in [0.4, 0.5) is 0 Å². The second-order valence-electron chi connectivity index (χ2n) is 5.15. The van der Waals surface area contributed by atoms with Crippen molar-refractivity contribution < 1.29 is 28.8 Å². The molecule has 7 nitrogen and oxygen atoms in total. The van der Waals surface area contributed by atoms with Gasteiger partial charge >= 0.3 is 5.63 Å². The molecule has 0 bridgehead atoms. The first kappa shape index (κ1) is 14.3. The average Bonchev–Trinajstić information content (AvgIpc) is 3.02. The van der Waals surface area contributed by atoms with Crippen LogP contribution in [0, 0.1) is 0 Å². The molecule has 0 radical (unpaired) electrons. The van der Waals surface area contributed by atoms with Crippen molar-refractivity contribution in [3.63, 3.8) is 0 Å². The molecule has 3 aromatic rings. The van der Waals surface area contributed by atoms with Crippen LogP contribution >= 0.6 is 0 Å². The number of aromatic hydroxyl groups is 2. The average molecular weight is 328 g/mol. The number of benzene rings is 2. The summed E-state index contributed by atoms with van der Waals surface area (Å²) in [4.78, 5) is 12.4. The van der Waals surface area contributed by atoms with E-state index in [0.717, 1.165) is 0 Å². The topological polar surface area (TPSA) is 98.4 Å². The summed E-state index contributed by atoms with van der Waals surface area (Å²) in [5.41, 5.74) is -0.691. The van der Waals surface area contributed by atoms with Crippen LogP contribution in [0.1, 0.15) is 0 Å². The summed E-state index contributed by atoms with van der Waals surface area (Å²) >= 11 is 0. The van der Waals surface area contributed by atoms with Crippen LogP contribution in [0.3, 0.4) is 0 Å². The van der Waals surface area contributed by atoms with Crippen molar-refractivity contribution in [2.45, 2.75) is 0 Å². The molecule has 7 heteroatoms. The zero-order valence-corrected chi connectivity index (χ0v) is 12.5. The minimum atomic E-state index is -0.789. The fourth-order valence-corrected chi connectivity index (χ4v) is 2.78. The van der Waals surface area contributed by atoms with E-state index in [1.54, 1.807) is 12.1 Å². The summed E-state index contributed by atoms with van der Waals surface area (Å²) in [7, 11) is 1.40. The first-order valence-electron chi connectivity index (χ1n) is 7.06. The van der Waals surface area contributed by atoms with Crippen molar-refractivity contribution >= 4 is 11.0 Å². The van der Waals surface area contributed by atoms with Gasteiger partial charge in [0.1, 0.15) is 28.0 Å². The van der Waals surface area contributed by atoms with Gasteiger partial charge < -0.3 is 28.8 Å². The summed E-state index contributed by atoms with van der Waals surface area (Å²) in [5, 5.41) is 20.9. The summed E-state index contributed by atoms with van der Waals surface area (Å²) in [6.07, 6.45) is 0. The molecule has 0 amide bonds. The highest BCUT2D eigenvalue weighted by molar-refractivity contribution is 5.98. The summed E-state index contributed by atoms with van der Waals surface area (Å²) in [6.45, 7) is -0.000655. The minimum absolute atomic E-state index is 0.000655. The molecule has 2 heterocycles. The van der Waals surface area contributed by atoms with E-state index in [1.165, 1.54) is 25.3 Å². The second kappa shape index (κ2) is 5.09. The van der Waals surface area contributed by atoms with E-state index < -0.39 is 5.63 Å². The van der Waals surface area contributed by atoms with Gasteiger partial charge in [0.25, 0.3) is 0 Å². The quantitative estimate of drug-likeness (QED) is 0.698. The first-order valence-corrected chi connectivity index (χ1v) is 7.06. The number of hydrogen-bond acceptors (Lipinski definition) is 7. The van der Waals surface area contributed by atoms with E-state index in [4.69, 9.17) is 18.6 Å². The van der Waals surface area contributed by atoms with Crippen LogP contribution in [0.25, 0.3) is 22.1 Å². The van der Waals surface area contributed by atoms with Crippen LogP contribution in [0.5, 0.6) is 28.7 Å². The van der Waals surface area contributed by atoms with Crippen molar-refractivity contribution in [2.75, 3.05) is 13.9 Å². The van der Waals surface area contributed by atoms with E-state index in [0.29, 0.717) is 11.5 Å². The van der Waals surface area contributed by atoms with E-state index in [2.05, 4.69) is 0 Å². The van der Waals surface area contributed by atoms with Gasteiger partial charge in [-0.05, 0) is 6.07 Å². The second-order valence-corrected chi connectivity index (χ2v) is 5.15. The maximum absolute atomic E-state index is 12.4. The number of phenolic OH excluding ortho intramolecular Hbond substituents is 1. The molecule has 0 atom stereocenters. The van der Waals surface area contributed by atoms with Gasteiger partial charge in [0.2, 0.25) is 12.5 Å². The Hall–Kier alpha value is -3.35. The highest BCUT2D eigenvalue weighted by Crippen LogP contribution is 2.50. The Kier molecular flexibility index (Phi) is 3.02. The molecule has 1 aliphatic heterocycles. The number of phenols is 1. The lowest BCUT2D eigenvalue weighted by Crippen LogP contribution is -2.04. The third kappa shape index (κ3) is 1.88. The monoisotopic (exact) mass is 328 g/mol. The summed E-state index contributed by atoms with van der Waals surface area (Å²) in [6, 6.07) is 7.62. The molecule has 2 N–H and O–H groups in total. The van der Waals surface area contributed by atoms with Crippen LogP contribution in [0.15, 0.2) is 39.5 Å². The van der Waals surface area contributed by atoms with Gasteiger partial charge in [-0.15, -0.1) is 0 Å². The number of rotatable bonds is 2. The maximum Gasteiger partial charge on any atom is 0.348 e. The van der Waals surface area contributed by atoms with Gasteiger partial charge in [0, 0.05) is 11.6 Å². The molecule has 0 fully saturated rings. The smallest absolute Gasteiger partial charge is 0.348 e. The molecule has 1 aliphatic rings. The third-order valence-corrected chi connectivity index (χ3v) is 3.84. The molecule has 2 aromatic carbocycles. The SMILES string of the molecule is COc1c2c(cc3oc(=O)c(-c4ccccc4O)c(O)c13)OCO2. The normalized spacial score (nSPS) is 12.5. The van der Waals surface area contributed by atoms with Crippen LogP contribution < -0.4 is 19.8 Å². The number of methoxy groups -OCH3 is 1. The molecule has 0 saturated heterocycles. The Bertz CT molecular complexity index is 1020.